The lowest BCUT2D eigenvalue weighted by Gasteiger charge is -2.24. The summed E-state index contributed by atoms with van der Waals surface area (Å²) in [5, 5.41) is 9.46. The lowest BCUT2D eigenvalue weighted by atomic mass is 10.0. The van der Waals surface area contributed by atoms with Crippen molar-refractivity contribution in [3.05, 3.63) is 10.0 Å². The van der Waals surface area contributed by atoms with Crippen LogP contribution >= 0.6 is 11.3 Å². The normalized spacial score (nSPS) is 10.9. The Labute approximate surface area is 113 Å². The molecule has 4 nitrogen and oxygen atoms in total. The predicted octanol–water partition coefficient (Wildman–Crippen LogP) is 3.00. The van der Waals surface area contributed by atoms with Gasteiger partial charge in [0, 0.05) is 13.1 Å². The number of carbonyl (C=O) groups excluding carboxylic acids is 1. The molecule has 0 radical (unpaired) electrons. The Bertz CT molecular complexity index is 374. The predicted molar refractivity (Wildman–Crippen MR) is 74.9 cm³/mol. The molecule has 5 heteroatoms. The Balaban J connectivity index is 2.72. The zero-order valence-electron chi connectivity index (χ0n) is 11.8. The molecule has 1 aromatic rings. The third-order valence-electron chi connectivity index (χ3n) is 3.25. The Hall–Kier alpha value is -0.970. The fourth-order valence-corrected chi connectivity index (χ4v) is 2.58. The van der Waals surface area contributed by atoms with Gasteiger partial charge in [0.25, 0.3) is 5.91 Å². The number of aromatic nitrogens is 2. The molecule has 0 bridgehead atoms. The van der Waals surface area contributed by atoms with Crippen molar-refractivity contribution in [1.82, 2.24) is 15.1 Å². The van der Waals surface area contributed by atoms with Gasteiger partial charge in [0.05, 0.1) is 0 Å². The first kappa shape index (κ1) is 15.1. The number of nitrogens with zero attached hydrogens (tertiary/aromatic N) is 3. The van der Waals surface area contributed by atoms with E-state index in [2.05, 4.69) is 24.0 Å². The van der Waals surface area contributed by atoms with E-state index in [1.54, 1.807) is 0 Å². The molecule has 0 atom stereocenters. The number of hydrogen-bond acceptors (Lipinski definition) is 4. The van der Waals surface area contributed by atoms with Crippen LogP contribution in [0, 0.1) is 5.92 Å². The zero-order chi connectivity index (χ0) is 13.5. The van der Waals surface area contributed by atoms with E-state index in [1.165, 1.54) is 11.3 Å². The number of amides is 1. The first-order valence-electron chi connectivity index (χ1n) is 6.77. The molecule has 0 spiro atoms. The van der Waals surface area contributed by atoms with Crippen LogP contribution in [0.25, 0.3) is 0 Å². The second-order valence-corrected chi connectivity index (χ2v) is 5.44. The molecular weight excluding hydrogens is 246 g/mol. The van der Waals surface area contributed by atoms with E-state index in [0.29, 0.717) is 10.9 Å². The molecule has 0 N–H and O–H groups in total. The van der Waals surface area contributed by atoms with Crippen LogP contribution in [0.4, 0.5) is 0 Å². The van der Waals surface area contributed by atoms with Crippen molar-refractivity contribution in [1.29, 1.82) is 0 Å². The van der Waals surface area contributed by atoms with E-state index >= 15 is 0 Å². The molecule has 1 rings (SSSR count). The van der Waals surface area contributed by atoms with Crippen LogP contribution < -0.4 is 0 Å². The van der Waals surface area contributed by atoms with Crippen molar-refractivity contribution in [3.63, 3.8) is 0 Å². The average Bonchev–Trinajstić information content (AvgIpc) is 2.88. The van der Waals surface area contributed by atoms with Gasteiger partial charge >= 0.3 is 0 Å². The maximum Gasteiger partial charge on any atom is 0.284 e. The summed E-state index contributed by atoms with van der Waals surface area (Å²) >= 11 is 1.41. The van der Waals surface area contributed by atoms with Crippen LogP contribution in [0.5, 0.6) is 0 Å². The Morgan fingerprint density at radius 1 is 1.22 bits per heavy atom. The molecule has 1 heterocycles. The Kier molecular flexibility index (Phi) is 6.25. The van der Waals surface area contributed by atoms with Gasteiger partial charge in [-0.25, -0.2) is 0 Å². The van der Waals surface area contributed by atoms with Gasteiger partial charge in [-0.15, -0.1) is 10.2 Å². The van der Waals surface area contributed by atoms with Crippen molar-refractivity contribution in [2.24, 2.45) is 5.92 Å². The molecule has 1 aromatic heterocycles. The number of aryl methyl sites for hydroxylation is 1. The van der Waals surface area contributed by atoms with Crippen LogP contribution in [0.15, 0.2) is 0 Å². The average molecular weight is 269 g/mol. The summed E-state index contributed by atoms with van der Waals surface area (Å²) in [5.41, 5.74) is 0. The van der Waals surface area contributed by atoms with Gasteiger partial charge in [0.2, 0.25) is 5.01 Å². The molecule has 102 valence electrons. The van der Waals surface area contributed by atoms with Gasteiger partial charge in [-0.3, -0.25) is 4.79 Å². The maximum absolute atomic E-state index is 12.3. The fraction of sp³-hybridized carbons (Fsp3) is 0.769. The maximum atomic E-state index is 12.3. The molecule has 0 fully saturated rings. The van der Waals surface area contributed by atoms with E-state index in [4.69, 9.17) is 0 Å². The zero-order valence-corrected chi connectivity index (χ0v) is 12.6. The lowest BCUT2D eigenvalue weighted by Crippen LogP contribution is -2.35. The standard InChI is InChI=1S/C13H23N3OS/c1-5-10(6-2)9-16(8-4)13(17)12-15-14-11(7-3)18-12/h10H,5-9H2,1-4H3. The summed E-state index contributed by atoms with van der Waals surface area (Å²) in [5.74, 6) is 0.606. The molecule has 0 aliphatic heterocycles. The first-order chi connectivity index (χ1) is 8.65. The minimum Gasteiger partial charge on any atom is -0.337 e. The van der Waals surface area contributed by atoms with Crippen LogP contribution in [0.2, 0.25) is 0 Å². The third kappa shape index (κ3) is 3.77. The monoisotopic (exact) mass is 269 g/mol. The summed E-state index contributed by atoms with van der Waals surface area (Å²) < 4.78 is 0. The van der Waals surface area contributed by atoms with Crippen LogP contribution in [-0.2, 0) is 6.42 Å². The Morgan fingerprint density at radius 2 is 1.89 bits per heavy atom. The van der Waals surface area contributed by atoms with Crippen molar-refractivity contribution in [3.8, 4) is 0 Å². The van der Waals surface area contributed by atoms with Crippen LogP contribution in [0.3, 0.4) is 0 Å². The summed E-state index contributed by atoms with van der Waals surface area (Å²) in [7, 11) is 0. The SMILES string of the molecule is CCc1nnc(C(=O)N(CC)CC(CC)CC)s1. The summed E-state index contributed by atoms with van der Waals surface area (Å²) in [4.78, 5) is 14.2. The van der Waals surface area contributed by atoms with E-state index in [9.17, 15) is 4.79 Å². The highest BCUT2D eigenvalue weighted by Crippen LogP contribution is 2.16. The van der Waals surface area contributed by atoms with Gasteiger partial charge in [-0.1, -0.05) is 44.9 Å². The third-order valence-corrected chi connectivity index (χ3v) is 4.31. The minimum absolute atomic E-state index is 0.0293. The van der Waals surface area contributed by atoms with Crippen LogP contribution in [0.1, 0.15) is 55.3 Å². The largest absolute Gasteiger partial charge is 0.337 e. The van der Waals surface area contributed by atoms with E-state index in [1.807, 2.05) is 18.7 Å². The van der Waals surface area contributed by atoms with Gasteiger partial charge in [0.1, 0.15) is 5.01 Å². The number of carbonyl (C=O) groups is 1. The molecule has 0 unspecified atom stereocenters. The molecule has 1 amide bonds. The second-order valence-electron chi connectivity index (χ2n) is 4.38. The van der Waals surface area contributed by atoms with E-state index < -0.39 is 0 Å². The van der Waals surface area contributed by atoms with Crippen molar-refractivity contribution >= 4 is 17.2 Å². The quantitative estimate of drug-likeness (QED) is 0.764. The first-order valence-corrected chi connectivity index (χ1v) is 7.59. The van der Waals surface area contributed by atoms with E-state index in [-0.39, 0.29) is 5.91 Å². The highest BCUT2D eigenvalue weighted by Gasteiger charge is 2.20. The highest BCUT2D eigenvalue weighted by atomic mass is 32.1. The Morgan fingerprint density at radius 3 is 2.33 bits per heavy atom. The fourth-order valence-electron chi connectivity index (χ4n) is 1.83. The van der Waals surface area contributed by atoms with Gasteiger partial charge in [-0.2, -0.15) is 0 Å². The summed E-state index contributed by atoms with van der Waals surface area (Å²) in [6.45, 7) is 9.94. The molecule has 0 aromatic carbocycles. The smallest absolute Gasteiger partial charge is 0.284 e. The van der Waals surface area contributed by atoms with Crippen molar-refractivity contribution in [2.75, 3.05) is 13.1 Å². The molecule has 0 aliphatic carbocycles. The molecule has 0 saturated carbocycles. The van der Waals surface area contributed by atoms with Gasteiger partial charge in [0.15, 0.2) is 0 Å². The molecule has 0 saturated heterocycles. The minimum atomic E-state index is 0.0293. The van der Waals surface area contributed by atoms with Gasteiger partial charge < -0.3 is 4.90 Å². The van der Waals surface area contributed by atoms with Crippen molar-refractivity contribution < 1.29 is 4.79 Å². The highest BCUT2D eigenvalue weighted by molar-refractivity contribution is 7.13. The second kappa shape index (κ2) is 7.46. The number of hydrogen-bond donors (Lipinski definition) is 0. The molecule has 0 aliphatic rings. The lowest BCUT2D eigenvalue weighted by molar-refractivity contribution is 0.0733. The summed E-state index contributed by atoms with van der Waals surface area (Å²) in [6, 6.07) is 0. The summed E-state index contributed by atoms with van der Waals surface area (Å²) in [6.07, 6.45) is 3.05. The molecular formula is C13H23N3OS. The topological polar surface area (TPSA) is 46.1 Å². The van der Waals surface area contributed by atoms with E-state index in [0.717, 1.165) is 37.4 Å². The molecule has 18 heavy (non-hydrogen) atoms. The van der Waals surface area contributed by atoms with Crippen LogP contribution in [-0.4, -0.2) is 34.1 Å². The van der Waals surface area contributed by atoms with Gasteiger partial charge in [-0.05, 0) is 19.3 Å². The van der Waals surface area contributed by atoms with Crippen molar-refractivity contribution in [2.45, 2.75) is 47.0 Å². The number of rotatable bonds is 7.